The minimum Gasteiger partial charge on any atom is -0.506 e. The minimum atomic E-state index is -1.15. The Morgan fingerprint density at radius 3 is 2.55 bits per heavy atom. The molecule has 0 saturated carbocycles. The predicted octanol–water partition coefficient (Wildman–Crippen LogP) is 2.05. The first-order valence-corrected chi connectivity index (χ1v) is 5.78. The highest BCUT2D eigenvalue weighted by molar-refractivity contribution is 6.04. The SMILES string of the molecule is Cc1cccc(C(=O)Nc2ccc(C(=O)O)cc2O)n1. The number of phenolic OH excluding ortho intramolecular Hbond substituents is 1. The highest BCUT2D eigenvalue weighted by Crippen LogP contribution is 2.24. The molecule has 2 aromatic rings. The number of pyridine rings is 1. The van der Waals surface area contributed by atoms with Gasteiger partial charge in [0.05, 0.1) is 11.3 Å². The highest BCUT2D eigenvalue weighted by Gasteiger charge is 2.12. The Balaban J connectivity index is 2.22. The number of amides is 1. The van der Waals surface area contributed by atoms with Crippen molar-refractivity contribution in [3.63, 3.8) is 0 Å². The number of aromatic carboxylic acids is 1. The van der Waals surface area contributed by atoms with E-state index in [0.717, 1.165) is 6.07 Å². The molecule has 0 aliphatic carbocycles. The molecule has 0 spiro atoms. The van der Waals surface area contributed by atoms with Gasteiger partial charge < -0.3 is 15.5 Å². The monoisotopic (exact) mass is 272 g/mol. The lowest BCUT2D eigenvalue weighted by molar-refractivity contribution is 0.0696. The van der Waals surface area contributed by atoms with Gasteiger partial charge in [0.1, 0.15) is 11.4 Å². The Kier molecular flexibility index (Phi) is 3.65. The van der Waals surface area contributed by atoms with E-state index >= 15 is 0 Å². The molecule has 6 heteroatoms. The first kappa shape index (κ1) is 13.5. The molecule has 2 rings (SSSR count). The minimum absolute atomic E-state index is 0.0609. The van der Waals surface area contributed by atoms with E-state index in [2.05, 4.69) is 10.3 Å². The number of carbonyl (C=O) groups is 2. The van der Waals surface area contributed by atoms with Gasteiger partial charge in [-0.3, -0.25) is 4.79 Å². The van der Waals surface area contributed by atoms with Crippen LogP contribution in [-0.2, 0) is 0 Å². The quantitative estimate of drug-likeness (QED) is 0.742. The number of carbonyl (C=O) groups excluding carboxylic acids is 1. The molecule has 0 aliphatic heterocycles. The standard InChI is InChI=1S/C14H12N2O4/c1-8-3-2-4-11(15-8)13(18)16-10-6-5-9(14(19)20)7-12(10)17/h2-7,17H,1H3,(H,16,18)(H,19,20). The molecular weight excluding hydrogens is 260 g/mol. The van der Waals surface area contributed by atoms with E-state index in [9.17, 15) is 14.7 Å². The number of anilines is 1. The molecule has 0 saturated heterocycles. The fourth-order valence-corrected chi connectivity index (χ4v) is 1.63. The van der Waals surface area contributed by atoms with Gasteiger partial charge >= 0.3 is 5.97 Å². The first-order valence-electron chi connectivity index (χ1n) is 5.78. The molecule has 0 aliphatic rings. The van der Waals surface area contributed by atoms with Gasteiger partial charge in [-0.1, -0.05) is 6.07 Å². The number of carboxylic acid groups (broad SMARTS) is 1. The van der Waals surface area contributed by atoms with E-state index in [1.165, 1.54) is 12.1 Å². The van der Waals surface area contributed by atoms with Crippen molar-refractivity contribution in [1.29, 1.82) is 0 Å². The summed E-state index contributed by atoms with van der Waals surface area (Å²) >= 11 is 0. The van der Waals surface area contributed by atoms with Crippen LogP contribution in [0.3, 0.4) is 0 Å². The molecular formula is C14H12N2O4. The second-order valence-electron chi connectivity index (χ2n) is 4.16. The summed E-state index contributed by atoms with van der Waals surface area (Å²) < 4.78 is 0. The molecule has 1 amide bonds. The number of hydrogen-bond donors (Lipinski definition) is 3. The number of hydrogen-bond acceptors (Lipinski definition) is 4. The summed E-state index contributed by atoms with van der Waals surface area (Å²) in [7, 11) is 0. The number of carboxylic acids is 1. The van der Waals surface area contributed by atoms with Crippen LogP contribution in [0.25, 0.3) is 0 Å². The van der Waals surface area contributed by atoms with Crippen LogP contribution in [0.5, 0.6) is 5.75 Å². The van der Waals surface area contributed by atoms with Crippen molar-refractivity contribution in [3.8, 4) is 5.75 Å². The summed E-state index contributed by atoms with van der Waals surface area (Å²) in [5.74, 6) is -1.95. The molecule has 0 unspecified atom stereocenters. The van der Waals surface area contributed by atoms with Gasteiger partial charge in [-0.05, 0) is 37.3 Å². The second-order valence-corrected chi connectivity index (χ2v) is 4.16. The molecule has 3 N–H and O–H groups in total. The van der Waals surface area contributed by atoms with Crippen molar-refractivity contribution in [2.75, 3.05) is 5.32 Å². The zero-order chi connectivity index (χ0) is 14.7. The maximum atomic E-state index is 11.9. The van der Waals surface area contributed by atoms with Gasteiger partial charge in [-0.15, -0.1) is 0 Å². The molecule has 1 aromatic carbocycles. The van der Waals surface area contributed by atoms with Gasteiger partial charge in [-0.25, -0.2) is 9.78 Å². The van der Waals surface area contributed by atoms with Crippen molar-refractivity contribution in [2.45, 2.75) is 6.92 Å². The van der Waals surface area contributed by atoms with Crippen LogP contribution < -0.4 is 5.32 Å². The summed E-state index contributed by atoms with van der Waals surface area (Å²) in [5, 5.41) is 20.9. The molecule has 20 heavy (non-hydrogen) atoms. The highest BCUT2D eigenvalue weighted by atomic mass is 16.4. The number of aromatic hydroxyl groups is 1. The van der Waals surface area contributed by atoms with Crippen LogP contribution in [0.1, 0.15) is 26.5 Å². The van der Waals surface area contributed by atoms with Crippen LogP contribution in [0.2, 0.25) is 0 Å². The largest absolute Gasteiger partial charge is 0.506 e. The van der Waals surface area contributed by atoms with Gasteiger partial charge in [0, 0.05) is 5.69 Å². The zero-order valence-corrected chi connectivity index (χ0v) is 10.6. The third kappa shape index (κ3) is 2.92. The summed E-state index contributed by atoms with van der Waals surface area (Å²) in [6, 6.07) is 8.70. The summed E-state index contributed by atoms with van der Waals surface area (Å²) in [5.41, 5.74) is 0.979. The number of nitrogens with one attached hydrogen (secondary N) is 1. The Hall–Kier alpha value is -2.89. The van der Waals surface area contributed by atoms with E-state index in [1.807, 2.05) is 0 Å². The molecule has 6 nitrogen and oxygen atoms in total. The molecule has 1 heterocycles. The average Bonchev–Trinajstić information content (AvgIpc) is 2.40. The number of nitrogens with zero attached hydrogens (tertiary/aromatic N) is 1. The molecule has 102 valence electrons. The summed E-state index contributed by atoms with van der Waals surface area (Å²) in [6.07, 6.45) is 0. The Morgan fingerprint density at radius 1 is 1.20 bits per heavy atom. The third-order valence-electron chi connectivity index (χ3n) is 2.61. The maximum Gasteiger partial charge on any atom is 0.335 e. The molecule has 0 fully saturated rings. The lowest BCUT2D eigenvalue weighted by Crippen LogP contribution is -2.14. The Bertz CT molecular complexity index is 683. The fourth-order valence-electron chi connectivity index (χ4n) is 1.63. The third-order valence-corrected chi connectivity index (χ3v) is 2.61. The fraction of sp³-hybridized carbons (Fsp3) is 0.0714. The van der Waals surface area contributed by atoms with Crippen LogP contribution in [0.4, 0.5) is 5.69 Å². The number of aryl methyl sites for hydroxylation is 1. The topological polar surface area (TPSA) is 99.5 Å². The molecule has 0 radical (unpaired) electrons. The van der Waals surface area contributed by atoms with E-state index < -0.39 is 11.9 Å². The normalized spacial score (nSPS) is 10.1. The van der Waals surface area contributed by atoms with E-state index in [0.29, 0.717) is 5.69 Å². The molecule has 1 aromatic heterocycles. The lowest BCUT2D eigenvalue weighted by atomic mass is 10.2. The predicted molar refractivity (Wildman–Crippen MR) is 72.0 cm³/mol. The number of benzene rings is 1. The van der Waals surface area contributed by atoms with E-state index in [1.54, 1.807) is 25.1 Å². The van der Waals surface area contributed by atoms with Crippen LogP contribution >= 0.6 is 0 Å². The van der Waals surface area contributed by atoms with Crippen molar-refractivity contribution >= 4 is 17.6 Å². The van der Waals surface area contributed by atoms with Crippen molar-refractivity contribution in [3.05, 3.63) is 53.3 Å². The van der Waals surface area contributed by atoms with Gasteiger partial charge in [0.25, 0.3) is 5.91 Å². The van der Waals surface area contributed by atoms with Crippen molar-refractivity contribution in [1.82, 2.24) is 4.98 Å². The van der Waals surface area contributed by atoms with Crippen LogP contribution in [0.15, 0.2) is 36.4 Å². The van der Waals surface area contributed by atoms with Crippen LogP contribution in [0, 0.1) is 6.92 Å². The number of aromatic nitrogens is 1. The smallest absolute Gasteiger partial charge is 0.335 e. The maximum absolute atomic E-state index is 11.9. The van der Waals surface area contributed by atoms with E-state index in [-0.39, 0.29) is 22.7 Å². The molecule has 0 bridgehead atoms. The second kappa shape index (κ2) is 5.40. The number of phenols is 1. The van der Waals surface area contributed by atoms with E-state index in [4.69, 9.17) is 5.11 Å². The summed E-state index contributed by atoms with van der Waals surface area (Å²) in [4.78, 5) is 26.7. The Labute approximate surface area is 114 Å². The van der Waals surface area contributed by atoms with Crippen LogP contribution in [-0.4, -0.2) is 27.1 Å². The van der Waals surface area contributed by atoms with Gasteiger partial charge in [0.15, 0.2) is 0 Å². The number of rotatable bonds is 3. The van der Waals surface area contributed by atoms with Gasteiger partial charge in [-0.2, -0.15) is 0 Å². The first-order chi connectivity index (χ1) is 9.47. The zero-order valence-electron chi connectivity index (χ0n) is 10.6. The lowest BCUT2D eigenvalue weighted by Gasteiger charge is -2.08. The van der Waals surface area contributed by atoms with Gasteiger partial charge in [0.2, 0.25) is 0 Å². The van der Waals surface area contributed by atoms with Crippen molar-refractivity contribution in [2.24, 2.45) is 0 Å². The average molecular weight is 272 g/mol. The molecule has 0 atom stereocenters. The Morgan fingerprint density at radius 2 is 1.95 bits per heavy atom. The van der Waals surface area contributed by atoms with Crippen molar-refractivity contribution < 1.29 is 19.8 Å². The summed E-state index contributed by atoms with van der Waals surface area (Å²) in [6.45, 7) is 1.76.